The van der Waals surface area contributed by atoms with Crippen molar-refractivity contribution in [3.8, 4) is 0 Å². The highest BCUT2D eigenvalue weighted by molar-refractivity contribution is 8.40. The van der Waals surface area contributed by atoms with Crippen LogP contribution in [0.25, 0.3) is 0 Å². The van der Waals surface area contributed by atoms with Gasteiger partial charge < -0.3 is 0 Å². The van der Waals surface area contributed by atoms with Crippen molar-refractivity contribution in [1.82, 2.24) is 0 Å². The van der Waals surface area contributed by atoms with Gasteiger partial charge in [0.05, 0.1) is 26.0 Å². The van der Waals surface area contributed by atoms with Gasteiger partial charge in [-0.3, -0.25) is 0 Å². The Balaban J connectivity index is 1.49. The Morgan fingerprint density at radius 1 is 0.593 bits per heavy atom. The molecule has 4 fully saturated rings. The van der Waals surface area contributed by atoms with Gasteiger partial charge in [-0.15, -0.1) is 106 Å². The molecule has 0 saturated carbocycles. The molecule has 9 heteroatoms. The highest BCUT2D eigenvalue weighted by Crippen LogP contribution is 2.75. The molecular formula is C18H30S9. The molecule has 0 aromatic heterocycles. The van der Waals surface area contributed by atoms with E-state index in [0.29, 0.717) is 12.2 Å². The maximum Gasteiger partial charge on any atom is 0.0911 e. The van der Waals surface area contributed by atoms with Gasteiger partial charge in [-0.1, -0.05) is 20.8 Å². The topological polar surface area (TPSA) is 0 Å². The lowest BCUT2D eigenvalue weighted by Gasteiger charge is -2.42. The number of hydrogen-bond acceptors (Lipinski definition) is 9. The highest BCUT2D eigenvalue weighted by atomic mass is 32.3. The van der Waals surface area contributed by atoms with Crippen molar-refractivity contribution in [1.29, 1.82) is 0 Å². The van der Waals surface area contributed by atoms with E-state index in [9.17, 15) is 0 Å². The number of thioether (sulfide) groups is 9. The fourth-order valence-corrected chi connectivity index (χ4v) is 20.5. The zero-order valence-corrected chi connectivity index (χ0v) is 23.6. The Labute approximate surface area is 204 Å². The van der Waals surface area contributed by atoms with Crippen LogP contribution in [0.1, 0.15) is 40.0 Å². The van der Waals surface area contributed by atoms with Crippen molar-refractivity contribution in [2.45, 2.75) is 66.0 Å². The van der Waals surface area contributed by atoms with Gasteiger partial charge in [-0.05, 0) is 36.5 Å². The summed E-state index contributed by atoms with van der Waals surface area (Å²) in [5.74, 6) is 8.16. The molecule has 4 rings (SSSR count). The zero-order chi connectivity index (χ0) is 19.0. The predicted molar refractivity (Wildman–Crippen MR) is 148 cm³/mol. The van der Waals surface area contributed by atoms with Crippen LogP contribution in [0.2, 0.25) is 0 Å². The molecule has 0 aliphatic carbocycles. The van der Waals surface area contributed by atoms with E-state index in [1.165, 1.54) is 53.8 Å². The monoisotopic (exact) mass is 534 g/mol. The third-order valence-corrected chi connectivity index (χ3v) is 22.9. The number of hydrogen-bond donors (Lipinski definition) is 0. The van der Waals surface area contributed by atoms with Crippen LogP contribution >= 0.6 is 106 Å². The van der Waals surface area contributed by atoms with Gasteiger partial charge in [-0.2, -0.15) is 0 Å². The molecular weight excluding hydrogens is 505 g/mol. The molecule has 0 nitrogen and oxygen atoms in total. The number of rotatable bonds is 12. The Hall–Kier alpha value is 3.15. The van der Waals surface area contributed by atoms with Gasteiger partial charge in [0.1, 0.15) is 0 Å². The summed E-state index contributed by atoms with van der Waals surface area (Å²) >= 11 is 20.7. The van der Waals surface area contributed by atoms with Gasteiger partial charge in [0.25, 0.3) is 0 Å². The van der Waals surface area contributed by atoms with E-state index >= 15 is 0 Å². The summed E-state index contributed by atoms with van der Waals surface area (Å²) < 4.78 is 3.93. The zero-order valence-electron chi connectivity index (χ0n) is 16.3. The summed E-state index contributed by atoms with van der Waals surface area (Å²) in [6.07, 6.45) is 3.94. The lowest BCUT2D eigenvalue weighted by atomic mass is 10.5. The smallest absolute Gasteiger partial charge is 0.0911 e. The van der Waals surface area contributed by atoms with E-state index in [1.807, 2.05) is 0 Å². The van der Waals surface area contributed by atoms with Gasteiger partial charge in [0.15, 0.2) is 0 Å². The van der Waals surface area contributed by atoms with Gasteiger partial charge in [0.2, 0.25) is 0 Å². The lowest BCUT2D eigenvalue weighted by molar-refractivity contribution is 1.01. The first-order valence-electron chi connectivity index (χ1n) is 9.92. The lowest BCUT2D eigenvalue weighted by Crippen LogP contribution is -2.37. The van der Waals surface area contributed by atoms with Crippen molar-refractivity contribution < 1.29 is 0 Å². The summed E-state index contributed by atoms with van der Waals surface area (Å²) in [6, 6.07) is 0. The molecule has 4 saturated heterocycles. The predicted octanol–water partition coefficient (Wildman–Crippen LogP) is 7.94. The minimum atomic E-state index is 0.523. The van der Waals surface area contributed by atoms with Crippen molar-refractivity contribution in [3.05, 3.63) is 0 Å². The minimum Gasteiger partial charge on any atom is -0.141 e. The summed E-state index contributed by atoms with van der Waals surface area (Å²) in [5, 5.41) is 0. The third kappa shape index (κ3) is 5.39. The van der Waals surface area contributed by atoms with E-state index < -0.39 is 0 Å². The molecule has 0 bridgehead atoms. The quantitative estimate of drug-likeness (QED) is 0.227. The Morgan fingerprint density at radius 2 is 0.852 bits per heavy atom. The van der Waals surface area contributed by atoms with Crippen molar-refractivity contribution in [2.24, 2.45) is 0 Å². The molecule has 3 unspecified atom stereocenters. The molecule has 0 spiro atoms. The largest absolute Gasteiger partial charge is 0.141 e. The fraction of sp³-hybridized carbons (Fsp3) is 1.00. The van der Waals surface area contributed by atoms with Crippen LogP contribution in [-0.4, -0.2) is 60.5 Å². The Morgan fingerprint density at radius 3 is 1.04 bits per heavy atom. The Bertz CT molecular complexity index is 424. The van der Waals surface area contributed by atoms with Crippen LogP contribution in [-0.2, 0) is 0 Å². The molecule has 0 aromatic rings. The molecule has 0 N–H and O–H groups in total. The Kier molecular flexibility index (Phi) is 8.60. The molecule has 4 aliphatic heterocycles. The second-order valence-electron chi connectivity index (χ2n) is 7.25. The molecule has 4 heterocycles. The van der Waals surface area contributed by atoms with Crippen LogP contribution in [0, 0.1) is 0 Å². The molecule has 4 aliphatic rings. The molecule has 0 aromatic carbocycles. The second-order valence-corrected chi connectivity index (χ2v) is 20.8. The third-order valence-electron chi connectivity index (χ3n) is 4.76. The molecule has 0 amide bonds. The van der Waals surface area contributed by atoms with Crippen LogP contribution < -0.4 is 0 Å². The van der Waals surface area contributed by atoms with Crippen LogP contribution in [0.4, 0.5) is 0 Å². The summed E-state index contributed by atoms with van der Waals surface area (Å²) in [4.78, 5) is 0. The average molecular weight is 535 g/mol. The summed E-state index contributed by atoms with van der Waals surface area (Å²) in [7, 11) is 0. The standard InChI is InChI=1S/C18H30S9/c1-4-7-19-16(10-22-16)13-25-14(17(11-23-17)20-8-5-2)27-15(26-13)18(12-24-18)21-9-6-3/h13-15H,4-12H2,1-3H3. The first kappa shape index (κ1) is 23.3. The van der Waals surface area contributed by atoms with Gasteiger partial charge in [0, 0.05) is 17.3 Å². The van der Waals surface area contributed by atoms with E-state index in [-0.39, 0.29) is 0 Å². The van der Waals surface area contributed by atoms with Crippen LogP contribution in [0.5, 0.6) is 0 Å². The van der Waals surface area contributed by atoms with Crippen LogP contribution in [0.3, 0.4) is 0 Å². The SMILES string of the molecule is CCCSC1(C2SC(C3(SCCC)CS3)SC(C3(SCCC)CS3)S2)CS1. The van der Waals surface area contributed by atoms with Crippen molar-refractivity contribution in [2.75, 3.05) is 34.5 Å². The summed E-state index contributed by atoms with van der Waals surface area (Å²) in [6.45, 7) is 7.01. The first-order chi connectivity index (χ1) is 13.1. The maximum absolute atomic E-state index is 2.37. The fourth-order valence-electron chi connectivity index (χ4n) is 2.96. The van der Waals surface area contributed by atoms with Gasteiger partial charge in [-0.25, -0.2) is 0 Å². The van der Waals surface area contributed by atoms with Crippen molar-refractivity contribution in [3.63, 3.8) is 0 Å². The van der Waals surface area contributed by atoms with E-state index in [2.05, 4.69) is 127 Å². The minimum absolute atomic E-state index is 0.523. The molecule has 3 atom stereocenters. The first-order valence-corrected chi connectivity index (χ1v) is 18.7. The molecule has 0 radical (unpaired) electrons. The van der Waals surface area contributed by atoms with Crippen molar-refractivity contribution >= 4 is 106 Å². The van der Waals surface area contributed by atoms with Gasteiger partial charge >= 0.3 is 0 Å². The second kappa shape index (κ2) is 9.96. The van der Waals surface area contributed by atoms with E-state index in [4.69, 9.17) is 0 Å². The average Bonchev–Trinajstić information content (AvgIpc) is 3.56. The highest BCUT2D eigenvalue weighted by Gasteiger charge is 2.64. The van der Waals surface area contributed by atoms with E-state index in [1.54, 1.807) is 0 Å². The summed E-state index contributed by atoms with van der Waals surface area (Å²) in [5.41, 5.74) is 0. The molecule has 27 heavy (non-hydrogen) atoms. The van der Waals surface area contributed by atoms with E-state index in [0.717, 1.165) is 13.7 Å². The maximum atomic E-state index is 2.37. The van der Waals surface area contributed by atoms with Crippen LogP contribution in [0.15, 0.2) is 0 Å². The normalized spacial score (nSPS) is 45.7. The molecule has 156 valence electrons.